The summed E-state index contributed by atoms with van der Waals surface area (Å²) >= 11 is 12.6. The lowest BCUT2D eigenvalue weighted by Gasteiger charge is -2.39. The minimum atomic E-state index is -4.55. The number of anilines is 3. The molecule has 5 N–H and O–H groups in total. The molecule has 24 heteroatoms. The van der Waals surface area contributed by atoms with Crippen LogP contribution in [-0.4, -0.2) is 111 Å². The van der Waals surface area contributed by atoms with Gasteiger partial charge in [-0.25, -0.2) is 33.1 Å². The van der Waals surface area contributed by atoms with E-state index >= 15 is 0 Å². The number of sulfonamides is 1. The number of H-pyrrole nitrogens is 2. The minimum absolute atomic E-state index is 0.0359. The summed E-state index contributed by atoms with van der Waals surface area (Å²) in [6, 6.07) is 37.2. The SMILES string of the molecule is CC(Nc1ncnc2nc[nH]c12)c1cc2cccc(Cl)c2c(=O)n1-c1ccccc1.CC1(C)CCC(CN2CCN(c3ccc(C(=O)NS(=O)(=O)c4ccc(NCC5CCOCC5)c([N+](=O)[O-])c4)c(Oc4cnc5[nH]ccc5c4)c3)CC2)=C(c2ccc(Cl)cc2)C1. The maximum atomic E-state index is 13.9. The van der Waals surface area contributed by atoms with Gasteiger partial charge in [0.1, 0.15) is 34.7 Å². The number of benzene rings is 5. The van der Waals surface area contributed by atoms with E-state index in [0.29, 0.717) is 58.5 Å². The average molecular weight is 1290 g/mol. The Morgan fingerprint density at radius 2 is 1.66 bits per heavy atom. The maximum absolute atomic E-state index is 13.9. The largest absolute Gasteiger partial charge is 0.455 e. The minimum Gasteiger partial charge on any atom is -0.455 e. The molecule has 91 heavy (non-hydrogen) atoms. The number of ether oxygens (including phenoxy) is 2. The molecule has 2 saturated heterocycles. The molecule has 468 valence electrons. The third kappa shape index (κ3) is 14.1. The number of nitro benzene ring substituents is 1. The van der Waals surface area contributed by atoms with Gasteiger partial charge in [-0.05, 0) is 140 Å². The number of hydrogen-bond acceptors (Lipinski definition) is 16. The first-order valence-electron chi connectivity index (χ1n) is 30.1. The number of amides is 1. The summed E-state index contributed by atoms with van der Waals surface area (Å²) < 4.78 is 42.9. The molecule has 1 atom stereocenters. The number of allylic oxidation sites excluding steroid dienone is 1. The molecule has 1 unspecified atom stereocenters. The summed E-state index contributed by atoms with van der Waals surface area (Å²) in [4.78, 5) is 66.3. The first-order valence-corrected chi connectivity index (χ1v) is 32.3. The summed E-state index contributed by atoms with van der Waals surface area (Å²) in [5, 5.41) is 21.8. The zero-order chi connectivity index (χ0) is 63.4. The number of halogens is 2. The average Bonchev–Trinajstić information content (AvgIpc) is 1.36. The first kappa shape index (κ1) is 62.0. The van der Waals surface area contributed by atoms with Crippen LogP contribution in [0.2, 0.25) is 10.0 Å². The van der Waals surface area contributed by atoms with Gasteiger partial charge in [-0.1, -0.05) is 85.1 Å². The molecule has 1 aliphatic carbocycles. The van der Waals surface area contributed by atoms with E-state index in [4.69, 9.17) is 32.7 Å². The number of nitrogens with zero attached hydrogens (tertiary/aromatic N) is 8. The highest BCUT2D eigenvalue weighted by Gasteiger charge is 2.31. The topological polar surface area (TPSA) is 261 Å². The van der Waals surface area contributed by atoms with Crippen LogP contribution in [0.4, 0.5) is 22.9 Å². The predicted molar refractivity (Wildman–Crippen MR) is 355 cm³/mol. The van der Waals surface area contributed by atoms with Crippen molar-refractivity contribution in [2.24, 2.45) is 11.3 Å². The van der Waals surface area contributed by atoms with Crippen molar-refractivity contribution in [2.45, 2.75) is 63.8 Å². The lowest BCUT2D eigenvalue weighted by Crippen LogP contribution is -2.47. The number of nitrogens with one attached hydrogen (secondary N) is 5. The molecule has 1 amide bonds. The second-order valence-corrected chi connectivity index (χ2v) is 26.3. The van der Waals surface area contributed by atoms with E-state index in [1.807, 2.05) is 73.7 Å². The Kier molecular flexibility index (Phi) is 18.2. The molecule has 0 bridgehead atoms. The zero-order valence-corrected chi connectivity index (χ0v) is 52.6. The Morgan fingerprint density at radius 3 is 2.44 bits per heavy atom. The number of fused-ring (bicyclic) bond motifs is 3. The molecule has 0 spiro atoms. The van der Waals surface area contributed by atoms with Crippen molar-refractivity contribution in [2.75, 3.05) is 68.0 Å². The molecule has 7 heterocycles. The van der Waals surface area contributed by atoms with Gasteiger partial charge < -0.3 is 35.0 Å². The van der Waals surface area contributed by atoms with Gasteiger partial charge in [-0.15, -0.1) is 0 Å². The van der Waals surface area contributed by atoms with Gasteiger partial charge in [0.05, 0.1) is 44.4 Å². The maximum Gasteiger partial charge on any atom is 0.293 e. The quantitative estimate of drug-likeness (QED) is 0.0419. The van der Waals surface area contributed by atoms with Crippen LogP contribution >= 0.6 is 23.2 Å². The van der Waals surface area contributed by atoms with E-state index < -0.39 is 31.4 Å². The molecular weight excluding hydrogens is 1220 g/mol. The normalized spacial score (nSPS) is 15.9. The zero-order valence-electron chi connectivity index (χ0n) is 50.3. The van der Waals surface area contributed by atoms with Crippen molar-refractivity contribution in [3.05, 3.63) is 205 Å². The van der Waals surface area contributed by atoms with E-state index in [-0.39, 0.29) is 39.9 Å². The van der Waals surface area contributed by atoms with Crippen molar-refractivity contribution in [1.29, 1.82) is 0 Å². The Labute approximate surface area is 535 Å². The highest BCUT2D eigenvalue weighted by molar-refractivity contribution is 7.90. The first-order chi connectivity index (χ1) is 43.9. The van der Waals surface area contributed by atoms with Crippen LogP contribution in [0.25, 0.3) is 44.2 Å². The number of aromatic amines is 2. The van der Waals surface area contributed by atoms with Gasteiger partial charge in [0.25, 0.3) is 27.2 Å². The second kappa shape index (κ2) is 26.7. The summed E-state index contributed by atoms with van der Waals surface area (Å²) in [6.07, 6.45) is 11.2. The van der Waals surface area contributed by atoms with Gasteiger partial charge in [-0.3, -0.25) is 29.2 Å². The fourth-order valence-electron chi connectivity index (χ4n) is 12.1. The van der Waals surface area contributed by atoms with Crippen LogP contribution in [0, 0.1) is 21.4 Å². The van der Waals surface area contributed by atoms with E-state index in [1.165, 1.54) is 41.4 Å². The molecule has 5 aromatic carbocycles. The summed E-state index contributed by atoms with van der Waals surface area (Å²) in [5.74, 6) is 0.419. The number of aromatic nitrogens is 7. The molecule has 21 nitrogen and oxygen atoms in total. The van der Waals surface area contributed by atoms with E-state index in [2.05, 4.69) is 81.0 Å². The van der Waals surface area contributed by atoms with E-state index in [0.717, 1.165) is 104 Å². The number of para-hydroxylation sites is 1. The molecular formula is C67H67Cl2N13O8S. The molecule has 3 aliphatic rings. The Balaban J connectivity index is 0.000000222. The Morgan fingerprint density at radius 1 is 0.868 bits per heavy atom. The van der Waals surface area contributed by atoms with Gasteiger partial charge in [0, 0.05) is 98.3 Å². The van der Waals surface area contributed by atoms with Crippen molar-refractivity contribution in [1.82, 2.24) is 44.1 Å². The summed E-state index contributed by atoms with van der Waals surface area (Å²) in [7, 11) is -4.55. The van der Waals surface area contributed by atoms with Crippen LogP contribution in [0.15, 0.2) is 168 Å². The molecule has 5 aromatic heterocycles. The standard InChI is InChI=1S/C45H50ClN7O7S.C22H17ClN6O/c1-45(2)15-11-33(39(26-45)31-3-5-34(46)6-4-31)29-51-17-19-52(20-18-51)35-7-9-38(42(24-35)60-36-23-32-12-16-47-43(32)49-28-36)44(54)50-61(57,58)37-8-10-40(41(25-37)53(55)56)48-27-30-13-21-59-22-14-30;1-13(28-21-19-20(25-11-24-19)26-12-27-21)17-10-14-6-5-9-16(23)18(14)22(30)29(17)15-7-3-2-4-8-15/h3-10,12,16,23-25,28,30,48H,11,13-15,17-22,26-27,29H2,1-2H3,(H,47,49)(H,50,54);2-13H,1H3,(H2,24,25,26,27,28). The van der Waals surface area contributed by atoms with Crippen molar-refractivity contribution in [3.63, 3.8) is 0 Å². The number of carbonyl (C=O) groups is 1. The lowest BCUT2D eigenvalue weighted by molar-refractivity contribution is -0.384. The molecule has 2 aliphatic heterocycles. The number of nitro groups is 1. The number of piperazine rings is 1. The summed E-state index contributed by atoms with van der Waals surface area (Å²) in [6.45, 7) is 12.4. The monoisotopic (exact) mass is 1280 g/mol. The Bertz CT molecular complexity index is 4550. The van der Waals surface area contributed by atoms with Gasteiger partial charge in [0.2, 0.25) is 0 Å². The van der Waals surface area contributed by atoms with E-state index in [9.17, 15) is 28.1 Å². The number of pyridine rings is 2. The van der Waals surface area contributed by atoms with Crippen LogP contribution < -0.4 is 30.6 Å². The second-order valence-electron chi connectivity index (χ2n) is 23.8. The highest BCUT2D eigenvalue weighted by atomic mass is 35.5. The van der Waals surface area contributed by atoms with Crippen LogP contribution in [0.1, 0.15) is 80.5 Å². The molecule has 2 fully saturated rings. The van der Waals surface area contributed by atoms with Crippen LogP contribution in [0.5, 0.6) is 11.5 Å². The smallest absolute Gasteiger partial charge is 0.293 e. The van der Waals surface area contributed by atoms with Gasteiger partial charge >= 0.3 is 0 Å². The van der Waals surface area contributed by atoms with Crippen LogP contribution in [0.3, 0.4) is 0 Å². The van der Waals surface area contributed by atoms with E-state index in [1.54, 1.807) is 47.4 Å². The van der Waals surface area contributed by atoms with Crippen LogP contribution in [-0.2, 0) is 14.8 Å². The van der Waals surface area contributed by atoms with Gasteiger partial charge in [0.15, 0.2) is 11.5 Å². The Hall–Kier alpha value is -9.19. The number of hydrogen-bond donors (Lipinski definition) is 5. The number of rotatable bonds is 17. The van der Waals surface area contributed by atoms with Crippen molar-refractivity contribution in [3.8, 4) is 17.2 Å². The number of carbonyl (C=O) groups excluding carboxylic acids is 1. The molecule has 0 saturated carbocycles. The van der Waals surface area contributed by atoms with Crippen molar-refractivity contribution < 1.29 is 27.6 Å². The predicted octanol–water partition coefficient (Wildman–Crippen LogP) is 13.1. The molecule has 13 rings (SSSR count). The molecule has 10 aromatic rings. The third-order valence-corrected chi connectivity index (χ3v) is 18.9. The number of imidazole rings is 1. The fourth-order valence-corrected chi connectivity index (χ4v) is 13.4. The van der Waals surface area contributed by atoms with Gasteiger partial charge in [-0.2, -0.15) is 0 Å². The fraction of sp³-hybridized carbons (Fsp3) is 0.284. The highest BCUT2D eigenvalue weighted by Crippen LogP contribution is 2.44. The summed E-state index contributed by atoms with van der Waals surface area (Å²) in [5.41, 5.74) is 8.22. The molecule has 0 radical (unpaired) electrons. The lowest BCUT2D eigenvalue weighted by atomic mass is 9.72. The van der Waals surface area contributed by atoms with Crippen molar-refractivity contribution >= 4 is 101 Å². The third-order valence-electron chi connectivity index (χ3n) is 17.0.